The summed E-state index contributed by atoms with van der Waals surface area (Å²) in [4.78, 5) is 2.53. The van der Waals surface area contributed by atoms with Gasteiger partial charge < -0.3 is 10.2 Å². The highest BCUT2D eigenvalue weighted by atomic mass is 35.5. The van der Waals surface area contributed by atoms with Crippen molar-refractivity contribution in [2.45, 2.75) is 45.2 Å². The fraction of sp³-hybridized carbons (Fsp3) is 0.625. The molecule has 2 rings (SSSR count). The topological polar surface area (TPSA) is 15.3 Å². The van der Waals surface area contributed by atoms with Gasteiger partial charge in [-0.2, -0.15) is 0 Å². The summed E-state index contributed by atoms with van der Waals surface area (Å²) in [5.74, 6) is -0.217. The molecule has 1 aliphatic heterocycles. The van der Waals surface area contributed by atoms with Gasteiger partial charge in [0.2, 0.25) is 0 Å². The molecular formula is C16H24ClFN2. The predicted molar refractivity (Wildman–Crippen MR) is 82.6 cm³/mol. The Labute approximate surface area is 126 Å². The molecular weight excluding hydrogens is 275 g/mol. The van der Waals surface area contributed by atoms with Gasteiger partial charge in [0.1, 0.15) is 5.82 Å². The number of hydrogen-bond donors (Lipinski definition) is 1. The van der Waals surface area contributed by atoms with Crippen LogP contribution in [-0.4, -0.2) is 30.6 Å². The molecule has 0 radical (unpaired) electrons. The first kappa shape index (κ1) is 15.7. The number of nitrogens with one attached hydrogen (secondary N) is 1. The molecule has 0 unspecified atom stereocenters. The summed E-state index contributed by atoms with van der Waals surface area (Å²) in [6, 6.07) is 5.39. The van der Waals surface area contributed by atoms with Crippen LogP contribution in [0, 0.1) is 5.82 Å². The maximum atomic E-state index is 13.7. The molecule has 1 fully saturated rings. The zero-order valence-corrected chi connectivity index (χ0v) is 12.9. The van der Waals surface area contributed by atoms with Crippen LogP contribution in [0.3, 0.4) is 0 Å². The van der Waals surface area contributed by atoms with Crippen LogP contribution < -0.4 is 5.32 Å². The van der Waals surface area contributed by atoms with Crippen molar-refractivity contribution in [3.63, 3.8) is 0 Å². The number of nitrogens with zero attached hydrogens (tertiary/aromatic N) is 1. The van der Waals surface area contributed by atoms with Gasteiger partial charge in [0.25, 0.3) is 0 Å². The number of rotatable bonds is 6. The lowest BCUT2D eigenvalue weighted by molar-refractivity contribution is 0.194. The first-order valence-corrected chi connectivity index (χ1v) is 7.96. The Morgan fingerprint density at radius 3 is 2.75 bits per heavy atom. The van der Waals surface area contributed by atoms with Crippen LogP contribution in [0.4, 0.5) is 4.39 Å². The number of unbranched alkanes of at least 4 members (excludes halogenated alkanes) is 1. The van der Waals surface area contributed by atoms with Crippen molar-refractivity contribution in [2.24, 2.45) is 0 Å². The lowest BCUT2D eigenvalue weighted by Crippen LogP contribution is -2.42. The molecule has 4 heteroatoms. The highest BCUT2D eigenvalue weighted by Crippen LogP contribution is 2.16. The SMILES string of the molecule is CCCCN1CCC(NCc2ccc(Cl)cc2F)CC1. The van der Waals surface area contributed by atoms with Crippen molar-refractivity contribution in [2.75, 3.05) is 19.6 Å². The number of piperidine rings is 1. The van der Waals surface area contributed by atoms with Gasteiger partial charge in [0.15, 0.2) is 0 Å². The molecule has 0 saturated carbocycles. The molecule has 0 aromatic heterocycles. The Morgan fingerprint density at radius 1 is 1.35 bits per heavy atom. The monoisotopic (exact) mass is 298 g/mol. The molecule has 1 aromatic rings. The van der Waals surface area contributed by atoms with E-state index < -0.39 is 0 Å². The summed E-state index contributed by atoms with van der Waals surface area (Å²) in [5.41, 5.74) is 0.697. The van der Waals surface area contributed by atoms with Crippen molar-refractivity contribution in [1.82, 2.24) is 10.2 Å². The van der Waals surface area contributed by atoms with Gasteiger partial charge in [-0.1, -0.05) is 31.0 Å². The molecule has 1 heterocycles. The van der Waals surface area contributed by atoms with Crippen LogP contribution in [0.15, 0.2) is 18.2 Å². The minimum atomic E-state index is -0.217. The van der Waals surface area contributed by atoms with Gasteiger partial charge in [-0.3, -0.25) is 0 Å². The third-order valence-corrected chi connectivity index (χ3v) is 4.25. The van der Waals surface area contributed by atoms with E-state index in [1.165, 1.54) is 25.5 Å². The number of hydrogen-bond acceptors (Lipinski definition) is 2. The van der Waals surface area contributed by atoms with E-state index in [0.717, 1.165) is 25.9 Å². The van der Waals surface area contributed by atoms with Crippen LogP contribution >= 0.6 is 11.6 Å². The van der Waals surface area contributed by atoms with Gasteiger partial charge in [0, 0.05) is 23.2 Å². The summed E-state index contributed by atoms with van der Waals surface area (Å²) in [7, 11) is 0. The molecule has 0 bridgehead atoms. The van der Waals surface area contributed by atoms with E-state index >= 15 is 0 Å². The van der Waals surface area contributed by atoms with E-state index in [1.807, 2.05) is 0 Å². The zero-order chi connectivity index (χ0) is 14.4. The molecule has 1 aliphatic rings. The molecule has 112 valence electrons. The summed E-state index contributed by atoms with van der Waals surface area (Å²) in [5, 5.41) is 3.92. The molecule has 0 aliphatic carbocycles. The van der Waals surface area contributed by atoms with Crippen LogP contribution in [0.5, 0.6) is 0 Å². The minimum Gasteiger partial charge on any atom is -0.310 e. The van der Waals surface area contributed by atoms with Gasteiger partial charge in [0.05, 0.1) is 0 Å². The second kappa shape index (κ2) is 7.96. The van der Waals surface area contributed by atoms with E-state index in [1.54, 1.807) is 12.1 Å². The quantitative estimate of drug-likeness (QED) is 0.858. The maximum Gasteiger partial charge on any atom is 0.129 e. The first-order chi connectivity index (χ1) is 9.69. The van der Waals surface area contributed by atoms with Gasteiger partial charge >= 0.3 is 0 Å². The fourth-order valence-corrected chi connectivity index (χ4v) is 2.82. The van der Waals surface area contributed by atoms with Crippen LogP contribution in [0.1, 0.15) is 38.2 Å². The number of benzene rings is 1. The normalized spacial score (nSPS) is 17.6. The predicted octanol–water partition coefficient (Wildman–Crippen LogP) is 3.83. The van der Waals surface area contributed by atoms with E-state index in [-0.39, 0.29) is 5.82 Å². The molecule has 20 heavy (non-hydrogen) atoms. The summed E-state index contributed by atoms with van der Waals surface area (Å²) < 4.78 is 13.7. The van der Waals surface area contributed by atoms with Crippen molar-refractivity contribution in [3.8, 4) is 0 Å². The second-order valence-electron chi connectivity index (χ2n) is 5.59. The maximum absolute atomic E-state index is 13.7. The van der Waals surface area contributed by atoms with Crippen molar-refractivity contribution in [1.29, 1.82) is 0 Å². The van der Waals surface area contributed by atoms with Crippen LogP contribution in [0.2, 0.25) is 5.02 Å². The molecule has 0 spiro atoms. The molecule has 0 atom stereocenters. The second-order valence-corrected chi connectivity index (χ2v) is 6.02. The van der Waals surface area contributed by atoms with Crippen molar-refractivity contribution >= 4 is 11.6 Å². The molecule has 1 N–H and O–H groups in total. The molecule has 1 saturated heterocycles. The summed E-state index contributed by atoms with van der Waals surface area (Å²) >= 11 is 5.76. The summed E-state index contributed by atoms with van der Waals surface area (Å²) in [6.07, 6.45) is 4.85. The van der Waals surface area contributed by atoms with Crippen molar-refractivity contribution in [3.05, 3.63) is 34.6 Å². The molecule has 1 aromatic carbocycles. The zero-order valence-electron chi connectivity index (χ0n) is 12.2. The Hall–Kier alpha value is -0.640. The third-order valence-electron chi connectivity index (χ3n) is 4.01. The first-order valence-electron chi connectivity index (χ1n) is 7.58. The lowest BCUT2D eigenvalue weighted by Gasteiger charge is -2.32. The summed E-state index contributed by atoms with van der Waals surface area (Å²) in [6.45, 7) is 6.34. The Bertz CT molecular complexity index is 417. The van der Waals surface area contributed by atoms with Gasteiger partial charge in [-0.15, -0.1) is 0 Å². The number of halogens is 2. The van der Waals surface area contributed by atoms with Crippen LogP contribution in [0.25, 0.3) is 0 Å². The Morgan fingerprint density at radius 2 is 2.10 bits per heavy atom. The molecule has 2 nitrogen and oxygen atoms in total. The largest absolute Gasteiger partial charge is 0.310 e. The average Bonchev–Trinajstić information content (AvgIpc) is 2.45. The Balaban J connectivity index is 1.73. The lowest BCUT2D eigenvalue weighted by atomic mass is 10.0. The van der Waals surface area contributed by atoms with Crippen molar-refractivity contribution < 1.29 is 4.39 Å². The molecule has 0 amide bonds. The van der Waals surface area contributed by atoms with E-state index in [9.17, 15) is 4.39 Å². The Kier molecular flexibility index (Phi) is 6.27. The highest BCUT2D eigenvalue weighted by Gasteiger charge is 2.18. The fourth-order valence-electron chi connectivity index (χ4n) is 2.66. The average molecular weight is 299 g/mol. The van der Waals surface area contributed by atoms with E-state index in [0.29, 0.717) is 23.2 Å². The van der Waals surface area contributed by atoms with Gasteiger partial charge in [-0.05, 0) is 51.0 Å². The minimum absolute atomic E-state index is 0.217. The smallest absolute Gasteiger partial charge is 0.129 e. The highest BCUT2D eigenvalue weighted by molar-refractivity contribution is 6.30. The standard InChI is InChI=1S/C16H24ClFN2/c1-2-3-8-20-9-6-15(7-10-20)19-12-13-4-5-14(17)11-16(13)18/h4-5,11,15,19H,2-3,6-10,12H2,1H3. The van der Waals surface area contributed by atoms with E-state index in [4.69, 9.17) is 11.6 Å². The van der Waals surface area contributed by atoms with Gasteiger partial charge in [-0.25, -0.2) is 4.39 Å². The van der Waals surface area contributed by atoms with E-state index in [2.05, 4.69) is 17.1 Å². The number of likely N-dealkylation sites (tertiary alicyclic amines) is 1. The van der Waals surface area contributed by atoms with Crippen LogP contribution in [-0.2, 0) is 6.54 Å². The third kappa shape index (κ3) is 4.72.